The highest BCUT2D eigenvalue weighted by atomic mass is 16.5. The van der Waals surface area contributed by atoms with Crippen LogP contribution in [0.25, 0.3) is 6.08 Å². The van der Waals surface area contributed by atoms with Gasteiger partial charge in [-0.15, -0.1) is 0 Å². The monoisotopic (exact) mass is 472 g/mol. The normalized spacial score (nSPS) is 27.1. The van der Waals surface area contributed by atoms with Crippen molar-refractivity contribution in [2.45, 2.75) is 59.4 Å². The molecule has 2 aromatic carbocycles. The molecule has 4 nitrogen and oxygen atoms in total. The van der Waals surface area contributed by atoms with E-state index in [0.29, 0.717) is 23.6 Å². The van der Waals surface area contributed by atoms with Gasteiger partial charge in [0, 0.05) is 30.5 Å². The van der Waals surface area contributed by atoms with Crippen molar-refractivity contribution >= 4 is 23.4 Å². The predicted molar refractivity (Wildman–Crippen MR) is 145 cm³/mol. The Kier molecular flexibility index (Phi) is 6.65. The lowest BCUT2D eigenvalue weighted by Crippen LogP contribution is -2.58. The first-order valence-corrected chi connectivity index (χ1v) is 13.4. The number of esters is 1. The van der Waals surface area contributed by atoms with Crippen LogP contribution in [0.5, 0.6) is 0 Å². The maximum atomic E-state index is 11.9. The summed E-state index contributed by atoms with van der Waals surface area (Å²) in [4.78, 5) is 14.3. The van der Waals surface area contributed by atoms with Crippen molar-refractivity contribution in [1.82, 2.24) is 0 Å². The Morgan fingerprint density at radius 1 is 1.06 bits per heavy atom. The Hall–Kier alpha value is -2.75. The number of nitrogens with one attached hydrogen (secondary N) is 1. The Bertz CT molecular complexity index is 1060. The van der Waals surface area contributed by atoms with Crippen molar-refractivity contribution in [2.75, 3.05) is 29.9 Å². The first-order chi connectivity index (χ1) is 16.8. The first-order valence-electron chi connectivity index (χ1n) is 13.4. The number of nitrogens with zero attached hydrogens (tertiary/aromatic N) is 1. The van der Waals surface area contributed by atoms with E-state index >= 15 is 0 Å². The highest BCUT2D eigenvalue weighted by Gasteiger charge is 2.56. The third-order valence-electron chi connectivity index (χ3n) is 9.14. The summed E-state index contributed by atoms with van der Waals surface area (Å²) >= 11 is 0. The van der Waals surface area contributed by atoms with Gasteiger partial charge in [-0.1, -0.05) is 44.6 Å². The molecular weight excluding hydrogens is 432 g/mol. The van der Waals surface area contributed by atoms with Crippen molar-refractivity contribution in [2.24, 2.45) is 23.2 Å². The molecular formula is C31H40N2O2. The van der Waals surface area contributed by atoms with Gasteiger partial charge in [0.05, 0.1) is 12.2 Å². The zero-order chi connectivity index (χ0) is 24.6. The van der Waals surface area contributed by atoms with Crippen molar-refractivity contribution in [3.05, 3.63) is 65.2 Å². The van der Waals surface area contributed by atoms with Gasteiger partial charge in [0.2, 0.25) is 0 Å². The minimum atomic E-state index is -0.252. The van der Waals surface area contributed by atoms with Crippen molar-refractivity contribution in [3.8, 4) is 0 Å². The van der Waals surface area contributed by atoms with Gasteiger partial charge in [0.15, 0.2) is 0 Å². The maximum Gasteiger partial charge on any atom is 0.338 e. The summed E-state index contributed by atoms with van der Waals surface area (Å²) in [6.07, 6.45) is 7.23. The van der Waals surface area contributed by atoms with Crippen LogP contribution in [0.1, 0.15) is 69.3 Å². The summed E-state index contributed by atoms with van der Waals surface area (Å²) in [6, 6.07) is 17.4. The molecule has 4 atom stereocenters. The van der Waals surface area contributed by atoms with E-state index < -0.39 is 0 Å². The van der Waals surface area contributed by atoms with Crippen LogP contribution in [0.15, 0.2) is 54.1 Å². The van der Waals surface area contributed by atoms with E-state index in [9.17, 15) is 4.79 Å². The zero-order valence-corrected chi connectivity index (χ0v) is 21.7. The van der Waals surface area contributed by atoms with Crippen LogP contribution < -0.4 is 10.2 Å². The summed E-state index contributed by atoms with van der Waals surface area (Å²) in [5.74, 6) is 2.23. The van der Waals surface area contributed by atoms with Crippen molar-refractivity contribution in [1.29, 1.82) is 0 Å². The first kappa shape index (κ1) is 24.0. The zero-order valence-electron chi connectivity index (χ0n) is 21.7. The fourth-order valence-electron chi connectivity index (χ4n) is 6.68. The number of carbonyl (C=O) groups excluding carboxylic acids is 1. The molecule has 1 aliphatic heterocycles. The Morgan fingerprint density at radius 2 is 1.74 bits per heavy atom. The van der Waals surface area contributed by atoms with E-state index in [0.717, 1.165) is 43.7 Å². The molecule has 35 heavy (non-hydrogen) atoms. The molecule has 0 unspecified atom stereocenters. The minimum Gasteiger partial charge on any atom is -0.462 e. The molecule has 4 aliphatic rings. The number of rotatable bonds is 6. The third kappa shape index (κ3) is 4.85. The van der Waals surface area contributed by atoms with Crippen LogP contribution in [-0.2, 0) is 4.74 Å². The van der Waals surface area contributed by atoms with Crippen molar-refractivity contribution in [3.63, 3.8) is 0 Å². The van der Waals surface area contributed by atoms with E-state index in [2.05, 4.69) is 61.3 Å². The molecule has 1 saturated heterocycles. The van der Waals surface area contributed by atoms with Crippen LogP contribution in [0, 0.1) is 23.2 Å². The van der Waals surface area contributed by atoms with Gasteiger partial charge in [-0.2, -0.15) is 0 Å². The molecule has 4 fully saturated rings. The van der Waals surface area contributed by atoms with Crippen LogP contribution >= 0.6 is 0 Å². The van der Waals surface area contributed by atoms with Gasteiger partial charge in [-0.05, 0) is 97.7 Å². The second-order valence-corrected chi connectivity index (χ2v) is 11.4. The van der Waals surface area contributed by atoms with Crippen LogP contribution in [-0.4, -0.2) is 31.7 Å². The third-order valence-corrected chi connectivity index (χ3v) is 9.14. The lowest BCUT2D eigenvalue weighted by atomic mass is 9.45. The fraction of sp³-hybridized carbons (Fsp3) is 0.516. The van der Waals surface area contributed by atoms with Crippen LogP contribution in [0.2, 0.25) is 0 Å². The molecule has 1 heterocycles. The number of carbonyl (C=O) groups is 1. The molecule has 0 spiro atoms. The van der Waals surface area contributed by atoms with Gasteiger partial charge in [0.25, 0.3) is 0 Å². The average Bonchev–Trinajstić information content (AvgIpc) is 2.87. The summed E-state index contributed by atoms with van der Waals surface area (Å²) in [6.45, 7) is 11.6. The number of ether oxygens (including phenoxy) is 1. The van der Waals surface area contributed by atoms with Crippen LogP contribution in [0.4, 0.5) is 11.4 Å². The van der Waals surface area contributed by atoms with E-state index in [1.165, 1.54) is 35.4 Å². The highest BCUT2D eigenvalue weighted by Crippen LogP contribution is 2.61. The maximum absolute atomic E-state index is 11.9. The van der Waals surface area contributed by atoms with Crippen molar-refractivity contribution < 1.29 is 9.53 Å². The fourth-order valence-corrected chi connectivity index (χ4v) is 6.68. The minimum absolute atomic E-state index is 0.252. The number of benzene rings is 2. The molecule has 0 amide bonds. The predicted octanol–water partition coefficient (Wildman–Crippen LogP) is 7.03. The number of fused-ring (bicyclic) bond motifs is 2. The Morgan fingerprint density at radius 3 is 2.34 bits per heavy atom. The number of hydrogen-bond donors (Lipinski definition) is 1. The summed E-state index contributed by atoms with van der Waals surface area (Å²) in [7, 11) is 0. The quantitative estimate of drug-likeness (QED) is 0.458. The lowest BCUT2D eigenvalue weighted by Gasteiger charge is -2.62. The van der Waals surface area contributed by atoms with Gasteiger partial charge >= 0.3 is 5.97 Å². The number of piperidine rings is 1. The average molecular weight is 473 g/mol. The van der Waals surface area contributed by atoms with Gasteiger partial charge in [-0.3, -0.25) is 0 Å². The molecule has 186 valence electrons. The molecule has 3 saturated carbocycles. The summed E-state index contributed by atoms with van der Waals surface area (Å²) in [5.41, 5.74) is 6.38. The SMILES string of the molecule is CCOC(=O)c1ccc(N2CCC(=Cc3ccc(N[C@H]4C[C@H]5C[C@@H]([C@@H]4C)C5(C)C)cc3)CC2)cc1. The molecule has 2 bridgehead atoms. The Balaban J connectivity index is 1.14. The van der Waals surface area contributed by atoms with E-state index in [1.54, 1.807) is 0 Å². The smallest absolute Gasteiger partial charge is 0.338 e. The molecule has 0 radical (unpaired) electrons. The van der Waals surface area contributed by atoms with Crippen LogP contribution in [0.3, 0.4) is 0 Å². The van der Waals surface area contributed by atoms with E-state index in [4.69, 9.17) is 4.74 Å². The second-order valence-electron chi connectivity index (χ2n) is 11.4. The van der Waals surface area contributed by atoms with E-state index in [-0.39, 0.29) is 5.97 Å². The topological polar surface area (TPSA) is 41.6 Å². The summed E-state index contributed by atoms with van der Waals surface area (Å²) < 4.78 is 5.08. The second kappa shape index (κ2) is 9.72. The van der Waals surface area contributed by atoms with Gasteiger partial charge in [-0.25, -0.2) is 4.79 Å². The molecule has 2 aromatic rings. The molecule has 3 aliphatic carbocycles. The highest BCUT2D eigenvalue weighted by molar-refractivity contribution is 5.89. The Labute approximate surface area is 210 Å². The van der Waals surface area contributed by atoms with E-state index in [1.807, 2.05) is 31.2 Å². The number of anilines is 2. The molecule has 4 heteroatoms. The lowest BCUT2D eigenvalue weighted by molar-refractivity contribution is -0.105. The summed E-state index contributed by atoms with van der Waals surface area (Å²) in [5, 5.41) is 3.85. The molecule has 1 N–H and O–H groups in total. The van der Waals surface area contributed by atoms with Gasteiger partial charge in [0.1, 0.15) is 0 Å². The number of hydrogen-bond acceptors (Lipinski definition) is 4. The standard InChI is InChI=1S/C31H40N2O2/c1-5-35-30(34)24-8-12-27(13-9-24)33-16-14-23(15-17-33)18-22-6-10-26(11-7-22)32-29-20-25-19-28(21(29)2)31(25,3)4/h6-13,18,21,25,28-29,32H,5,14-17,19-20H2,1-4H3/t21-,25+,28-,29-/m0/s1. The largest absolute Gasteiger partial charge is 0.462 e. The molecule has 0 aromatic heterocycles. The van der Waals surface area contributed by atoms with Gasteiger partial charge < -0.3 is 15.0 Å². The molecule has 6 rings (SSSR count).